The van der Waals surface area contributed by atoms with Crippen LogP contribution in [0, 0.1) is 19.3 Å². The van der Waals surface area contributed by atoms with E-state index >= 15 is 0 Å². The molecule has 3 nitrogen and oxygen atoms in total. The predicted molar refractivity (Wildman–Crippen MR) is 107 cm³/mol. The van der Waals surface area contributed by atoms with E-state index in [4.69, 9.17) is 0 Å². The van der Waals surface area contributed by atoms with Gasteiger partial charge in [-0.25, -0.2) is 0 Å². The standard InChI is InChI=1S/C23H26N2O/c1-14-10-17-18(11-15(14)2)25-22(16-8-6-5-7-9-16)21-19(24-17)12-23(3,4)13-20(21)26/h5-11,22,24-25H,12-13H2,1-4H3. The van der Waals surface area contributed by atoms with Crippen LogP contribution in [0.15, 0.2) is 53.7 Å². The topological polar surface area (TPSA) is 41.1 Å². The van der Waals surface area contributed by atoms with Gasteiger partial charge in [0.25, 0.3) is 0 Å². The minimum Gasteiger partial charge on any atom is -0.372 e. The molecule has 0 spiro atoms. The number of carbonyl (C=O) groups is 1. The Labute approximate surface area is 155 Å². The van der Waals surface area contributed by atoms with Crippen molar-refractivity contribution < 1.29 is 4.79 Å². The normalized spacial score (nSPS) is 21.2. The smallest absolute Gasteiger partial charge is 0.163 e. The van der Waals surface area contributed by atoms with Crippen LogP contribution in [0.1, 0.15) is 49.4 Å². The van der Waals surface area contributed by atoms with Crippen LogP contribution in [-0.2, 0) is 4.79 Å². The van der Waals surface area contributed by atoms with Gasteiger partial charge in [0, 0.05) is 17.7 Å². The van der Waals surface area contributed by atoms with Crippen molar-refractivity contribution in [3.8, 4) is 0 Å². The van der Waals surface area contributed by atoms with E-state index in [1.54, 1.807) is 0 Å². The van der Waals surface area contributed by atoms with E-state index in [0.717, 1.165) is 34.6 Å². The number of anilines is 2. The predicted octanol–water partition coefficient (Wildman–Crippen LogP) is 5.53. The quantitative estimate of drug-likeness (QED) is 0.714. The van der Waals surface area contributed by atoms with Crippen molar-refractivity contribution in [2.75, 3.05) is 10.6 Å². The number of allylic oxidation sites excluding steroid dienone is 1. The van der Waals surface area contributed by atoms with Crippen LogP contribution in [0.25, 0.3) is 0 Å². The number of nitrogens with one attached hydrogen (secondary N) is 2. The van der Waals surface area contributed by atoms with Crippen molar-refractivity contribution in [3.05, 3.63) is 70.4 Å². The van der Waals surface area contributed by atoms with Crippen molar-refractivity contribution in [2.45, 2.75) is 46.6 Å². The summed E-state index contributed by atoms with van der Waals surface area (Å²) in [6, 6.07) is 14.5. The molecule has 2 aliphatic rings. The van der Waals surface area contributed by atoms with Gasteiger partial charge >= 0.3 is 0 Å². The Balaban J connectivity index is 1.91. The third-order valence-electron chi connectivity index (χ3n) is 5.56. The molecule has 26 heavy (non-hydrogen) atoms. The lowest BCUT2D eigenvalue weighted by Gasteiger charge is -2.34. The summed E-state index contributed by atoms with van der Waals surface area (Å²) >= 11 is 0. The molecule has 0 amide bonds. The number of rotatable bonds is 1. The van der Waals surface area contributed by atoms with E-state index in [1.165, 1.54) is 11.1 Å². The first-order valence-corrected chi connectivity index (χ1v) is 9.30. The molecule has 1 heterocycles. The Hall–Kier alpha value is -2.55. The zero-order valence-electron chi connectivity index (χ0n) is 15.9. The molecule has 1 unspecified atom stereocenters. The van der Waals surface area contributed by atoms with Crippen molar-refractivity contribution in [1.29, 1.82) is 0 Å². The summed E-state index contributed by atoms with van der Waals surface area (Å²) < 4.78 is 0. The number of carbonyl (C=O) groups excluding carboxylic acids is 1. The summed E-state index contributed by atoms with van der Waals surface area (Å²) in [6.07, 6.45) is 1.47. The van der Waals surface area contributed by atoms with E-state index < -0.39 is 0 Å². The SMILES string of the molecule is Cc1cc2c(cc1C)NC(c1ccccc1)C1=C(CC(C)(C)CC1=O)N2. The molecule has 1 atom stereocenters. The molecule has 0 radical (unpaired) electrons. The molecule has 4 rings (SSSR count). The van der Waals surface area contributed by atoms with Gasteiger partial charge in [0.1, 0.15) is 0 Å². The highest BCUT2D eigenvalue weighted by Gasteiger charge is 2.38. The Morgan fingerprint density at radius 2 is 1.62 bits per heavy atom. The molecule has 2 N–H and O–H groups in total. The maximum absolute atomic E-state index is 13.1. The molecule has 134 valence electrons. The Morgan fingerprint density at radius 3 is 2.31 bits per heavy atom. The first-order valence-electron chi connectivity index (χ1n) is 9.30. The maximum atomic E-state index is 13.1. The summed E-state index contributed by atoms with van der Waals surface area (Å²) in [5.41, 5.74) is 7.68. The second-order valence-electron chi connectivity index (χ2n) is 8.43. The number of fused-ring (bicyclic) bond motifs is 1. The van der Waals surface area contributed by atoms with Crippen molar-refractivity contribution in [3.63, 3.8) is 0 Å². The fourth-order valence-electron chi connectivity index (χ4n) is 4.11. The molecule has 1 aliphatic carbocycles. The average molecular weight is 346 g/mol. The van der Waals surface area contributed by atoms with E-state index in [9.17, 15) is 4.79 Å². The zero-order chi connectivity index (χ0) is 18.5. The highest BCUT2D eigenvalue weighted by Crippen LogP contribution is 2.45. The fourth-order valence-corrected chi connectivity index (χ4v) is 4.11. The van der Waals surface area contributed by atoms with Gasteiger partial charge in [0.2, 0.25) is 0 Å². The zero-order valence-corrected chi connectivity index (χ0v) is 15.9. The summed E-state index contributed by atoms with van der Waals surface area (Å²) in [4.78, 5) is 13.1. The van der Waals surface area contributed by atoms with Gasteiger partial charge < -0.3 is 10.6 Å². The first-order chi connectivity index (χ1) is 12.3. The third-order valence-corrected chi connectivity index (χ3v) is 5.56. The lowest BCUT2D eigenvalue weighted by Crippen LogP contribution is -2.31. The minimum absolute atomic E-state index is 0.0194. The molecule has 0 saturated heterocycles. The van der Waals surface area contributed by atoms with Gasteiger partial charge in [-0.1, -0.05) is 44.2 Å². The van der Waals surface area contributed by atoms with Crippen molar-refractivity contribution in [2.24, 2.45) is 5.41 Å². The van der Waals surface area contributed by atoms with Gasteiger partial charge in [0.05, 0.1) is 17.4 Å². The largest absolute Gasteiger partial charge is 0.372 e. The van der Waals surface area contributed by atoms with Crippen LogP contribution in [0.4, 0.5) is 11.4 Å². The monoisotopic (exact) mass is 346 g/mol. The van der Waals surface area contributed by atoms with Crippen LogP contribution in [0.3, 0.4) is 0 Å². The number of hydrogen-bond donors (Lipinski definition) is 2. The highest BCUT2D eigenvalue weighted by atomic mass is 16.1. The molecule has 1 aliphatic heterocycles. The Kier molecular flexibility index (Phi) is 3.91. The van der Waals surface area contributed by atoms with Crippen LogP contribution in [0.2, 0.25) is 0 Å². The second kappa shape index (κ2) is 6.01. The van der Waals surface area contributed by atoms with Crippen LogP contribution in [-0.4, -0.2) is 5.78 Å². The number of hydrogen-bond acceptors (Lipinski definition) is 3. The van der Waals surface area contributed by atoms with Crippen molar-refractivity contribution >= 4 is 17.2 Å². The molecule has 0 saturated carbocycles. The van der Waals surface area contributed by atoms with Gasteiger partial charge in [-0.15, -0.1) is 0 Å². The average Bonchev–Trinajstić information content (AvgIpc) is 2.72. The lowest BCUT2D eigenvalue weighted by molar-refractivity contribution is -0.118. The van der Waals surface area contributed by atoms with Gasteiger partial charge in [-0.3, -0.25) is 4.79 Å². The number of aryl methyl sites for hydroxylation is 2. The molecular weight excluding hydrogens is 320 g/mol. The summed E-state index contributed by atoms with van der Waals surface area (Å²) in [5, 5.41) is 7.27. The van der Waals surface area contributed by atoms with Crippen molar-refractivity contribution in [1.82, 2.24) is 0 Å². The van der Waals surface area contributed by atoms with Crippen LogP contribution >= 0.6 is 0 Å². The van der Waals surface area contributed by atoms with Crippen LogP contribution < -0.4 is 10.6 Å². The first kappa shape index (κ1) is 16.9. The number of benzene rings is 2. The van der Waals surface area contributed by atoms with E-state index in [-0.39, 0.29) is 17.2 Å². The van der Waals surface area contributed by atoms with E-state index in [1.807, 2.05) is 18.2 Å². The lowest BCUT2D eigenvalue weighted by atomic mass is 9.73. The molecule has 0 fully saturated rings. The van der Waals surface area contributed by atoms with Gasteiger partial charge in [-0.2, -0.15) is 0 Å². The minimum atomic E-state index is -0.120. The van der Waals surface area contributed by atoms with Crippen LogP contribution in [0.5, 0.6) is 0 Å². The summed E-state index contributed by atoms with van der Waals surface area (Å²) in [5.74, 6) is 0.242. The molecule has 0 aromatic heterocycles. The third kappa shape index (κ3) is 2.92. The van der Waals surface area contributed by atoms with Gasteiger partial charge in [0.15, 0.2) is 5.78 Å². The molecule has 2 aromatic carbocycles. The molecule has 0 bridgehead atoms. The van der Waals surface area contributed by atoms with E-state index in [2.05, 4.69) is 62.6 Å². The maximum Gasteiger partial charge on any atom is 0.163 e. The molecule has 3 heteroatoms. The second-order valence-corrected chi connectivity index (χ2v) is 8.43. The summed E-state index contributed by atoms with van der Waals surface area (Å²) in [7, 11) is 0. The molecule has 2 aromatic rings. The number of ketones is 1. The Bertz CT molecular complexity index is 909. The fraction of sp³-hybridized carbons (Fsp3) is 0.348. The Morgan fingerprint density at radius 1 is 0.962 bits per heavy atom. The van der Waals surface area contributed by atoms with E-state index in [0.29, 0.717) is 6.42 Å². The number of Topliss-reactive ketones (excluding diaryl/α,β-unsaturated/α-hetero) is 1. The summed E-state index contributed by atoms with van der Waals surface area (Å²) in [6.45, 7) is 8.60. The molecular formula is C23H26N2O. The highest BCUT2D eigenvalue weighted by molar-refractivity contribution is 6.01. The van der Waals surface area contributed by atoms with Gasteiger partial charge in [-0.05, 0) is 54.5 Å².